The minimum Gasteiger partial charge on any atom is -0.306 e. The van der Waals surface area contributed by atoms with Gasteiger partial charge in [-0.05, 0) is 48.6 Å². The highest BCUT2D eigenvalue weighted by atomic mass is 32.2. The van der Waals surface area contributed by atoms with Crippen molar-refractivity contribution in [2.75, 3.05) is 11.6 Å². The Labute approximate surface area is 168 Å². The van der Waals surface area contributed by atoms with Gasteiger partial charge in [0.05, 0.1) is 0 Å². The molecule has 2 aromatic heterocycles. The lowest BCUT2D eigenvalue weighted by atomic mass is 10.1. The van der Waals surface area contributed by atoms with Gasteiger partial charge in [-0.2, -0.15) is 11.8 Å². The van der Waals surface area contributed by atoms with Crippen LogP contribution in [0.2, 0.25) is 0 Å². The molecule has 0 aliphatic rings. The number of aryl methyl sites for hydroxylation is 1. The van der Waals surface area contributed by atoms with Gasteiger partial charge in [0.1, 0.15) is 17.2 Å². The van der Waals surface area contributed by atoms with Crippen LogP contribution in [-0.4, -0.2) is 21.5 Å². The van der Waals surface area contributed by atoms with Crippen molar-refractivity contribution in [3.8, 4) is 11.3 Å². The van der Waals surface area contributed by atoms with Crippen LogP contribution in [0.25, 0.3) is 16.9 Å². The molecule has 1 N–H and O–H groups in total. The van der Waals surface area contributed by atoms with Crippen LogP contribution in [0.5, 0.6) is 0 Å². The molecule has 2 aromatic carbocycles. The first-order valence-electron chi connectivity index (χ1n) is 9.09. The number of nitrogens with one attached hydrogen (secondary N) is 1. The number of pyridine rings is 1. The van der Waals surface area contributed by atoms with Crippen molar-refractivity contribution in [2.24, 2.45) is 0 Å². The predicted octanol–water partition coefficient (Wildman–Crippen LogP) is 5.43. The summed E-state index contributed by atoms with van der Waals surface area (Å²) in [6, 6.07) is 21.7. The third-order valence-corrected chi connectivity index (χ3v) is 5.21. The average molecular weight is 388 g/mol. The molecule has 140 valence electrons. The largest absolute Gasteiger partial charge is 0.306 e. The average Bonchev–Trinajstić information content (AvgIpc) is 3.07. The zero-order chi connectivity index (χ0) is 19.5. The molecule has 4 nitrogen and oxygen atoms in total. The number of aromatic nitrogens is 2. The Bertz CT molecular complexity index is 1120. The van der Waals surface area contributed by atoms with Crippen LogP contribution in [0.1, 0.15) is 21.5 Å². The molecule has 0 aliphatic heterocycles. The summed E-state index contributed by atoms with van der Waals surface area (Å²) in [6.45, 7) is 2.03. The van der Waals surface area contributed by atoms with E-state index in [0.717, 1.165) is 28.2 Å². The smallest absolute Gasteiger partial charge is 0.256 e. The van der Waals surface area contributed by atoms with Gasteiger partial charge in [-0.3, -0.25) is 9.20 Å². The fourth-order valence-corrected chi connectivity index (χ4v) is 3.69. The van der Waals surface area contributed by atoms with Crippen molar-refractivity contribution in [3.05, 3.63) is 89.6 Å². The first-order valence-corrected chi connectivity index (χ1v) is 10.5. The quantitative estimate of drug-likeness (QED) is 0.497. The number of amides is 1. The highest BCUT2D eigenvalue weighted by molar-refractivity contribution is 7.97. The molecule has 1 amide bonds. The third kappa shape index (κ3) is 3.66. The maximum absolute atomic E-state index is 12.9. The van der Waals surface area contributed by atoms with Gasteiger partial charge < -0.3 is 5.32 Å². The van der Waals surface area contributed by atoms with Crippen molar-refractivity contribution in [2.45, 2.75) is 12.7 Å². The van der Waals surface area contributed by atoms with Crippen LogP contribution in [0.4, 0.5) is 5.82 Å². The van der Waals surface area contributed by atoms with Gasteiger partial charge in [0.2, 0.25) is 0 Å². The lowest BCUT2D eigenvalue weighted by Crippen LogP contribution is -2.14. The second-order valence-corrected chi connectivity index (χ2v) is 7.56. The normalized spacial score (nSPS) is 10.9. The summed E-state index contributed by atoms with van der Waals surface area (Å²) >= 11 is 1.76. The molecule has 4 rings (SSSR count). The number of thioether (sulfide) groups is 1. The highest BCUT2D eigenvalue weighted by Gasteiger charge is 2.17. The van der Waals surface area contributed by atoms with Crippen LogP contribution in [0, 0.1) is 6.92 Å². The second-order valence-electron chi connectivity index (χ2n) is 6.69. The summed E-state index contributed by atoms with van der Waals surface area (Å²) in [7, 11) is 0. The SMILES string of the molecule is CSCc1ccc(C(=O)Nc2c(-c3ccccc3)nc3cc(C)ccn23)cc1. The fourth-order valence-electron chi connectivity index (χ4n) is 3.16. The van der Waals surface area contributed by atoms with Gasteiger partial charge in [-0.1, -0.05) is 42.5 Å². The summed E-state index contributed by atoms with van der Waals surface area (Å²) in [4.78, 5) is 17.7. The van der Waals surface area contributed by atoms with E-state index in [0.29, 0.717) is 11.4 Å². The number of fused-ring (bicyclic) bond motifs is 1. The number of carbonyl (C=O) groups excluding carboxylic acids is 1. The second kappa shape index (κ2) is 7.90. The van der Waals surface area contributed by atoms with Gasteiger partial charge >= 0.3 is 0 Å². The Hall–Kier alpha value is -3.05. The van der Waals surface area contributed by atoms with Gasteiger partial charge in [-0.25, -0.2) is 4.98 Å². The van der Waals surface area contributed by atoms with Gasteiger partial charge in [0.15, 0.2) is 0 Å². The monoisotopic (exact) mass is 387 g/mol. The van der Waals surface area contributed by atoms with E-state index in [9.17, 15) is 4.79 Å². The Morgan fingerprint density at radius 2 is 1.82 bits per heavy atom. The topological polar surface area (TPSA) is 46.4 Å². The number of anilines is 1. The molecule has 4 aromatic rings. The summed E-state index contributed by atoms with van der Waals surface area (Å²) < 4.78 is 1.93. The molecule has 0 fully saturated rings. The molecule has 5 heteroatoms. The fraction of sp³-hybridized carbons (Fsp3) is 0.130. The van der Waals surface area contributed by atoms with Crippen molar-refractivity contribution in [1.29, 1.82) is 0 Å². The van der Waals surface area contributed by atoms with Crippen molar-refractivity contribution in [1.82, 2.24) is 9.38 Å². The zero-order valence-electron chi connectivity index (χ0n) is 15.8. The van der Waals surface area contributed by atoms with E-state index >= 15 is 0 Å². The molecule has 0 atom stereocenters. The molecule has 0 unspecified atom stereocenters. The van der Waals surface area contributed by atoms with E-state index in [1.807, 2.05) is 84.3 Å². The van der Waals surface area contributed by atoms with Crippen molar-refractivity contribution in [3.63, 3.8) is 0 Å². The lowest BCUT2D eigenvalue weighted by molar-refractivity contribution is 0.102. The first-order chi connectivity index (χ1) is 13.7. The van der Waals surface area contributed by atoms with E-state index in [1.165, 1.54) is 5.56 Å². The first kappa shape index (κ1) is 18.3. The van der Waals surface area contributed by atoms with Crippen molar-refractivity contribution >= 4 is 29.1 Å². The van der Waals surface area contributed by atoms with Crippen LogP contribution < -0.4 is 5.32 Å². The molecule has 0 spiro atoms. The molecule has 0 saturated heterocycles. The maximum Gasteiger partial charge on any atom is 0.256 e. The lowest BCUT2D eigenvalue weighted by Gasteiger charge is -2.09. The Morgan fingerprint density at radius 3 is 2.54 bits per heavy atom. The summed E-state index contributed by atoms with van der Waals surface area (Å²) in [5.74, 6) is 1.47. The van der Waals surface area contributed by atoms with Crippen LogP contribution in [0.3, 0.4) is 0 Å². The molecule has 2 heterocycles. The minimum absolute atomic E-state index is 0.143. The van der Waals surface area contributed by atoms with Crippen LogP contribution >= 0.6 is 11.8 Å². The van der Waals surface area contributed by atoms with E-state index < -0.39 is 0 Å². The molecule has 0 bridgehead atoms. The van der Waals surface area contributed by atoms with E-state index in [-0.39, 0.29) is 5.91 Å². The van der Waals surface area contributed by atoms with Crippen molar-refractivity contribution < 1.29 is 4.79 Å². The van der Waals surface area contributed by atoms with Crippen LogP contribution in [0.15, 0.2) is 72.9 Å². The Balaban J connectivity index is 1.73. The zero-order valence-corrected chi connectivity index (χ0v) is 16.7. The number of carbonyl (C=O) groups is 1. The molecule has 0 saturated carbocycles. The molecular formula is C23H21N3OS. The molecule has 0 aliphatic carbocycles. The molecule has 28 heavy (non-hydrogen) atoms. The number of imidazole rings is 1. The highest BCUT2D eigenvalue weighted by Crippen LogP contribution is 2.29. The minimum atomic E-state index is -0.143. The summed E-state index contributed by atoms with van der Waals surface area (Å²) in [5, 5.41) is 3.08. The van der Waals surface area contributed by atoms with Gasteiger partial charge in [0, 0.05) is 23.1 Å². The predicted molar refractivity (Wildman–Crippen MR) is 117 cm³/mol. The Kier molecular flexibility index (Phi) is 5.17. The van der Waals surface area contributed by atoms with Gasteiger partial charge in [-0.15, -0.1) is 0 Å². The Morgan fingerprint density at radius 1 is 1.07 bits per heavy atom. The number of hydrogen-bond acceptors (Lipinski definition) is 3. The summed E-state index contributed by atoms with van der Waals surface area (Å²) in [6.07, 6.45) is 4.01. The van der Waals surface area contributed by atoms with E-state index in [4.69, 9.17) is 4.98 Å². The number of benzene rings is 2. The standard InChI is InChI=1S/C23H21N3OS/c1-16-12-13-26-20(14-16)24-21(18-6-4-3-5-7-18)22(26)25-23(27)19-10-8-17(9-11-19)15-28-2/h3-14H,15H2,1-2H3,(H,25,27). The van der Waals surface area contributed by atoms with E-state index in [2.05, 4.69) is 11.6 Å². The van der Waals surface area contributed by atoms with Crippen LogP contribution in [-0.2, 0) is 5.75 Å². The third-order valence-electron chi connectivity index (χ3n) is 4.59. The van der Waals surface area contributed by atoms with Gasteiger partial charge in [0.25, 0.3) is 5.91 Å². The maximum atomic E-state index is 12.9. The number of hydrogen-bond donors (Lipinski definition) is 1. The van der Waals surface area contributed by atoms with E-state index in [1.54, 1.807) is 11.8 Å². The summed E-state index contributed by atoms with van der Waals surface area (Å²) in [5.41, 5.74) is 5.50. The molecular weight excluding hydrogens is 366 g/mol. The number of nitrogens with zero attached hydrogens (tertiary/aromatic N) is 2. The number of rotatable bonds is 5. The molecule has 0 radical (unpaired) electrons.